The van der Waals surface area contributed by atoms with Crippen molar-refractivity contribution in [2.24, 2.45) is 0 Å². The Morgan fingerprint density at radius 1 is 1.50 bits per heavy atom. The molecule has 0 bridgehead atoms. The van der Waals surface area contributed by atoms with Gasteiger partial charge in [0.15, 0.2) is 5.13 Å². The summed E-state index contributed by atoms with van der Waals surface area (Å²) in [5.41, 5.74) is 1.50. The summed E-state index contributed by atoms with van der Waals surface area (Å²) in [6.07, 6.45) is 2.00. The molecule has 0 radical (unpaired) electrons. The number of thiazole rings is 1. The smallest absolute Gasteiger partial charge is 0.226 e. The number of nitriles is 1. The minimum absolute atomic E-state index is 0.0824. The van der Waals surface area contributed by atoms with Gasteiger partial charge in [0.1, 0.15) is 11.1 Å². The fourth-order valence-electron chi connectivity index (χ4n) is 1.68. The third-order valence-electron chi connectivity index (χ3n) is 2.84. The van der Waals surface area contributed by atoms with E-state index in [1.807, 2.05) is 11.4 Å². The quantitative estimate of drug-likeness (QED) is 0.817. The molecule has 2 rings (SSSR count). The summed E-state index contributed by atoms with van der Waals surface area (Å²) in [5.74, 6) is 0.793. The molecule has 2 heterocycles. The van der Waals surface area contributed by atoms with Crippen LogP contribution >= 0.6 is 23.1 Å². The van der Waals surface area contributed by atoms with Crippen molar-refractivity contribution in [3.8, 4) is 6.07 Å². The molecule has 0 atom stereocenters. The molecule has 114 valence electrons. The molecule has 1 N–H and O–H groups in total. The van der Waals surface area contributed by atoms with Crippen molar-refractivity contribution in [2.45, 2.75) is 31.2 Å². The molecular weight excluding hydrogens is 316 g/mol. The fraction of sp³-hybridized carbons (Fsp3) is 0.333. The number of anilines is 1. The van der Waals surface area contributed by atoms with E-state index in [1.54, 1.807) is 12.3 Å². The van der Waals surface area contributed by atoms with Crippen molar-refractivity contribution in [2.75, 3.05) is 11.1 Å². The van der Waals surface area contributed by atoms with Gasteiger partial charge in [-0.1, -0.05) is 13.8 Å². The van der Waals surface area contributed by atoms with Gasteiger partial charge in [-0.15, -0.1) is 23.1 Å². The summed E-state index contributed by atoms with van der Waals surface area (Å²) in [6.45, 7) is 4.12. The van der Waals surface area contributed by atoms with Crippen LogP contribution in [0.5, 0.6) is 0 Å². The molecule has 0 aliphatic carbocycles. The number of nitrogens with one attached hydrogen (secondary N) is 1. The molecule has 0 saturated carbocycles. The topological polar surface area (TPSA) is 78.7 Å². The van der Waals surface area contributed by atoms with Gasteiger partial charge < -0.3 is 5.32 Å². The maximum absolute atomic E-state index is 11.8. The highest BCUT2D eigenvalue weighted by Crippen LogP contribution is 2.24. The lowest BCUT2D eigenvalue weighted by Gasteiger charge is -2.08. The van der Waals surface area contributed by atoms with E-state index in [4.69, 9.17) is 5.26 Å². The molecule has 0 spiro atoms. The molecule has 2 aromatic heterocycles. The Hall–Kier alpha value is -1.91. The highest BCUT2D eigenvalue weighted by atomic mass is 32.2. The summed E-state index contributed by atoms with van der Waals surface area (Å²) in [6, 6.07) is 5.81. The maximum Gasteiger partial charge on any atom is 0.226 e. The Balaban J connectivity index is 1.92. The number of rotatable bonds is 6. The lowest BCUT2D eigenvalue weighted by atomic mass is 10.1. The van der Waals surface area contributed by atoms with E-state index in [0.717, 1.165) is 5.69 Å². The highest BCUT2D eigenvalue weighted by Gasteiger charge is 2.10. The second-order valence-corrected chi connectivity index (χ2v) is 6.82. The van der Waals surface area contributed by atoms with E-state index in [9.17, 15) is 4.79 Å². The first kappa shape index (κ1) is 16.5. The van der Waals surface area contributed by atoms with Crippen LogP contribution in [0, 0.1) is 11.3 Å². The number of hydrogen-bond acceptors (Lipinski definition) is 6. The number of carbonyl (C=O) groups is 1. The Kier molecular flexibility index (Phi) is 5.92. The van der Waals surface area contributed by atoms with Gasteiger partial charge in [0.05, 0.1) is 5.56 Å². The van der Waals surface area contributed by atoms with Crippen LogP contribution < -0.4 is 5.32 Å². The summed E-state index contributed by atoms with van der Waals surface area (Å²) < 4.78 is 0. The number of carbonyl (C=O) groups excluding carboxylic acids is 1. The number of aromatic nitrogens is 2. The van der Waals surface area contributed by atoms with E-state index < -0.39 is 0 Å². The zero-order chi connectivity index (χ0) is 15.9. The molecule has 0 unspecified atom stereocenters. The minimum atomic E-state index is -0.0824. The maximum atomic E-state index is 11.8. The lowest BCUT2D eigenvalue weighted by molar-refractivity contribution is -0.115. The number of pyridine rings is 1. The normalized spacial score (nSPS) is 10.5. The van der Waals surface area contributed by atoms with Gasteiger partial charge >= 0.3 is 0 Å². The number of hydrogen-bond donors (Lipinski definition) is 1. The standard InChI is InChI=1S/C15H16N4OS2/c1-10(2)12-4-3-11(9-16)14(18-12)21-7-5-13(20)19-15-17-6-8-22-15/h3-4,6,8,10H,5,7H2,1-2H3,(H,17,19,20). The summed E-state index contributed by atoms with van der Waals surface area (Å²) in [7, 11) is 0. The van der Waals surface area contributed by atoms with E-state index in [2.05, 4.69) is 35.2 Å². The zero-order valence-electron chi connectivity index (χ0n) is 12.4. The van der Waals surface area contributed by atoms with Crippen LogP contribution in [-0.4, -0.2) is 21.6 Å². The van der Waals surface area contributed by atoms with E-state index in [0.29, 0.717) is 33.8 Å². The molecule has 0 fully saturated rings. The second kappa shape index (κ2) is 7.92. The average Bonchev–Trinajstić information content (AvgIpc) is 2.99. The van der Waals surface area contributed by atoms with Crippen molar-refractivity contribution >= 4 is 34.1 Å². The first-order valence-corrected chi connectivity index (χ1v) is 8.70. The van der Waals surface area contributed by atoms with Crippen LogP contribution in [0.25, 0.3) is 0 Å². The van der Waals surface area contributed by atoms with Crippen LogP contribution in [0.1, 0.15) is 37.4 Å². The molecule has 22 heavy (non-hydrogen) atoms. The number of thioether (sulfide) groups is 1. The summed E-state index contributed by atoms with van der Waals surface area (Å²) >= 11 is 2.82. The molecule has 0 aliphatic rings. The van der Waals surface area contributed by atoms with E-state index in [-0.39, 0.29) is 5.91 Å². The molecule has 5 nitrogen and oxygen atoms in total. The van der Waals surface area contributed by atoms with Gasteiger partial charge in [-0.25, -0.2) is 9.97 Å². The second-order valence-electron chi connectivity index (χ2n) is 4.84. The van der Waals surface area contributed by atoms with Gasteiger partial charge in [0.25, 0.3) is 0 Å². The van der Waals surface area contributed by atoms with Crippen LogP contribution in [0.4, 0.5) is 5.13 Å². The van der Waals surface area contributed by atoms with Crippen LogP contribution in [0.15, 0.2) is 28.7 Å². The van der Waals surface area contributed by atoms with Gasteiger partial charge in [-0.05, 0) is 18.1 Å². The van der Waals surface area contributed by atoms with Crippen molar-refractivity contribution in [1.82, 2.24) is 9.97 Å². The van der Waals surface area contributed by atoms with Crippen molar-refractivity contribution in [3.05, 3.63) is 35.0 Å². The molecule has 2 aromatic rings. The predicted octanol–water partition coefficient (Wildman–Crippen LogP) is 3.65. The van der Waals surface area contributed by atoms with Crippen molar-refractivity contribution < 1.29 is 4.79 Å². The molecule has 7 heteroatoms. The molecule has 0 saturated heterocycles. The van der Waals surface area contributed by atoms with Gasteiger partial charge in [-0.3, -0.25) is 4.79 Å². The third-order valence-corrected chi connectivity index (χ3v) is 4.52. The predicted molar refractivity (Wildman–Crippen MR) is 89.1 cm³/mol. The Morgan fingerprint density at radius 2 is 2.32 bits per heavy atom. The Bertz CT molecular complexity index is 677. The average molecular weight is 332 g/mol. The van der Waals surface area contributed by atoms with Gasteiger partial charge in [-0.2, -0.15) is 5.26 Å². The zero-order valence-corrected chi connectivity index (χ0v) is 14.0. The Labute approximate surface area is 137 Å². The monoisotopic (exact) mass is 332 g/mol. The SMILES string of the molecule is CC(C)c1ccc(C#N)c(SCCC(=O)Nc2nccs2)n1. The van der Waals surface area contributed by atoms with E-state index >= 15 is 0 Å². The Morgan fingerprint density at radius 3 is 2.95 bits per heavy atom. The van der Waals surface area contributed by atoms with Gasteiger partial charge in [0, 0.05) is 29.4 Å². The first-order valence-electron chi connectivity index (χ1n) is 6.83. The van der Waals surface area contributed by atoms with E-state index in [1.165, 1.54) is 23.1 Å². The van der Waals surface area contributed by atoms with Crippen molar-refractivity contribution in [3.63, 3.8) is 0 Å². The highest BCUT2D eigenvalue weighted by molar-refractivity contribution is 7.99. The molecule has 0 aromatic carbocycles. The summed E-state index contributed by atoms with van der Waals surface area (Å²) in [5, 5.41) is 15.0. The largest absolute Gasteiger partial charge is 0.302 e. The molecular formula is C15H16N4OS2. The number of amides is 1. The van der Waals surface area contributed by atoms with Crippen LogP contribution in [0.2, 0.25) is 0 Å². The third kappa shape index (κ3) is 4.55. The minimum Gasteiger partial charge on any atom is -0.302 e. The fourth-order valence-corrected chi connectivity index (χ4v) is 3.14. The molecule has 0 aliphatic heterocycles. The first-order chi connectivity index (χ1) is 10.6. The number of nitrogens with zero attached hydrogens (tertiary/aromatic N) is 3. The van der Waals surface area contributed by atoms with Crippen LogP contribution in [0.3, 0.4) is 0 Å². The summed E-state index contributed by atoms with van der Waals surface area (Å²) in [4.78, 5) is 20.3. The molecule has 1 amide bonds. The van der Waals surface area contributed by atoms with Crippen LogP contribution in [-0.2, 0) is 4.79 Å². The van der Waals surface area contributed by atoms with Crippen molar-refractivity contribution in [1.29, 1.82) is 5.26 Å². The van der Waals surface area contributed by atoms with Gasteiger partial charge in [0.2, 0.25) is 5.91 Å². The lowest BCUT2D eigenvalue weighted by Crippen LogP contribution is -2.12.